The topological polar surface area (TPSA) is 102 Å². The Hall–Kier alpha value is -3.65. The average molecular weight is 462 g/mol. The molecule has 1 aliphatic rings. The SMILES string of the molecule is CCc1cccc2c(/C=C3\SC(=O)N(CC(=O)c4ccc(C)cc4)C3=O)cn(CC(N)=O)c12. The number of hydrogen-bond donors (Lipinski definition) is 1. The number of carbonyl (C=O) groups is 4. The highest BCUT2D eigenvalue weighted by Gasteiger charge is 2.36. The van der Waals surface area contributed by atoms with Crippen molar-refractivity contribution in [2.45, 2.75) is 26.8 Å². The minimum atomic E-state index is -0.507. The summed E-state index contributed by atoms with van der Waals surface area (Å²) < 4.78 is 1.77. The number of fused-ring (bicyclic) bond motifs is 1. The number of para-hydroxylation sites is 1. The largest absolute Gasteiger partial charge is 0.368 e. The minimum absolute atomic E-state index is 0.00782. The number of carbonyl (C=O) groups excluding carboxylic acids is 4. The summed E-state index contributed by atoms with van der Waals surface area (Å²) in [5.74, 6) is -1.28. The Morgan fingerprint density at radius 1 is 1.06 bits per heavy atom. The summed E-state index contributed by atoms with van der Waals surface area (Å²) in [7, 11) is 0. The number of rotatable bonds is 7. The van der Waals surface area contributed by atoms with Crippen molar-refractivity contribution in [3.63, 3.8) is 0 Å². The molecule has 4 rings (SSSR count). The number of nitrogens with two attached hydrogens (primary N) is 1. The van der Waals surface area contributed by atoms with E-state index in [-0.39, 0.29) is 23.8 Å². The molecule has 0 bridgehead atoms. The zero-order valence-corrected chi connectivity index (χ0v) is 19.1. The fraction of sp³-hybridized carbons (Fsp3) is 0.200. The van der Waals surface area contributed by atoms with Crippen molar-refractivity contribution in [3.05, 3.63) is 75.8 Å². The smallest absolute Gasteiger partial charge is 0.293 e. The van der Waals surface area contributed by atoms with Gasteiger partial charge in [0.05, 0.1) is 17.0 Å². The van der Waals surface area contributed by atoms with E-state index in [0.717, 1.165) is 45.1 Å². The zero-order chi connectivity index (χ0) is 23.7. The number of hydrogen-bond acceptors (Lipinski definition) is 5. The molecule has 1 aromatic heterocycles. The molecule has 1 saturated heterocycles. The maximum atomic E-state index is 13.0. The number of thioether (sulfide) groups is 1. The monoisotopic (exact) mass is 461 g/mol. The maximum absolute atomic E-state index is 13.0. The van der Waals surface area contributed by atoms with E-state index in [1.807, 2.05) is 44.2 Å². The number of primary amides is 1. The Labute approximate surface area is 195 Å². The highest BCUT2D eigenvalue weighted by Crippen LogP contribution is 2.35. The number of aromatic nitrogens is 1. The first kappa shape index (κ1) is 22.5. The molecule has 33 heavy (non-hydrogen) atoms. The van der Waals surface area contributed by atoms with Gasteiger partial charge in [0.15, 0.2) is 5.78 Å². The van der Waals surface area contributed by atoms with Crippen LogP contribution in [0.1, 0.15) is 34.0 Å². The third-order valence-electron chi connectivity index (χ3n) is 5.56. The van der Waals surface area contributed by atoms with Crippen molar-refractivity contribution in [2.75, 3.05) is 6.54 Å². The van der Waals surface area contributed by atoms with Crippen LogP contribution in [0.15, 0.2) is 53.6 Å². The van der Waals surface area contributed by atoms with E-state index in [1.54, 1.807) is 29.0 Å². The first-order valence-electron chi connectivity index (χ1n) is 10.5. The molecule has 2 N–H and O–H groups in total. The van der Waals surface area contributed by atoms with Crippen LogP contribution in [0.4, 0.5) is 4.79 Å². The van der Waals surface area contributed by atoms with E-state index >= 15 is 0 Å². The average Bonchev–Trinajstić information content (AvgIpc) is 3.25. The third kappa shape index (κ3) is 4.47. The van der Waals surface area contributed by atoms with Crippen LogP contribution in [-0.2, 0) is 22.6 Å². The number of nitrogens with zero attached hydrogens (tertiary/aromatic N) is 2. The first-order valence-corrected chi connectivity index (χ1v) is 11.3. The molecule has 2 aromatic carbocycles. The molecule has 7 nitrogen and oxygen atoms in total. The van der Waals surface area contributed by atoms with Crippen molar-refractivity contribution in [1.29, 1.82) is 0 Å². The van der Waals surface area contributed by atoms with Crippen LogP contribution in [0.2, 0.25) is 0 Å². The lowest BCUT2D eigenvalue weighted by molar-refractivity contribution is -0.122. The predicted molar refractivity (Wildman–Crippen MR) is 129 cm³/mol. The molecule has 168 valence electrons. The molecule has 0 aliphatic carbocycles. The van der Waals surface area contributed by atoms with Gasteiger partial charge in [-0.2, -0.15) is 0 Å². The fourth-order valence-corrected chi connectivity index (χ4v) is 4.74. The van der Waals surface area contributed by atoms with Gasteiger partial charge < -0.3 is 10.3 Å². The van der Waals surface area contributed by atoms with Gasteiger partial charge in [-0.1, -0.05) is 55.0 Å². The summed E-state index contributed by atoms with van der Waals surface area (Å²) in [4.78, 5) is 50.9. The molecule has 1 aliphatic heterocycles. The summed E-state index contributed by atoms with van der Waals surface area (Å²) in [6, 6.07) is 12.8. The molecule has 2 heterocycles. The Morgan fingerprint density at radius 3 is 2.45 bits per heavy atom. The molecular formula is C25H23N3O4S. The van der Waals surface area contributed by atoms with Crippen LogP contribution in [0.5, 0.6) is 0 Å². The number of amides is 3. The van der Waals surface area contributed by atoms with E-state index < -0.39 is 17.1 Å². The molecule has 3 aromatic rings. The van der Waals surface area contributed by atoms with E-state index in [2.05, 4.69) is 0 Å². The van der Waals surface area contributed by atoms with Gasteiger partial charge in [0.2, 0.25) is 5.91 Å². The van der Waals surface area contributed by atoms with Crippen LogP contribution in [-0.4, -0.2) is 38.8 Å². The standard InChI is InChI=1S/C25H23N3O4S/c1-3-16-5-4-6-19-18(12-27(23(16)19)14-22(26)30)11-21-24(31)28(25(32)33-21)13-20(29)17-9-7-15(2)8-10-17/h4-12H,3,13-14H2,1-2H3,(H2,26,30)/b21-11-. The van der Waals surface area contributed by atoms with Crippen LogP contribution < -0.4 is 5.73 Å². The quantitative estimate of drug-likeness (QED) is 0.424. The number of benzene rings is 2. The minimum Gasteiger partial charge on any atom is -0.368 e. The van der Waals surface area contributed by atoms with Crippen LogP contribution in [0, 0.1) is 6.92 Å². The fourth-order valence-electron chi connectivity index (χ4n) is 3.91. The van der Waals surface area contributed by atoms with Crippen molar-refractivity contribution >= 4 is 51.6 Å². The Morgan fingerprint density at radius 2 is 1.79 bits per heavy atom. The normalized spacial score (nSPS) is 15.1. The highest BCUT2D eigenvalue weighted by atomic mass is 32.2. The van der Waals surface area contributed by atoms with Gasteiger partial charge in [0.1, 0.15) is 6.54 Å². The van der Waals surface area contributed by atoms with Crippen molar-refractivity contribution in [2.24, 2.45) is 5.73 Å². The molecule has 0 spiro atoms. The summed E-state index contributed by atoms with van der Waals surface area (Å²) in [5.41, 5.74) is 9.52. The highest BCUT2D eigenvalue weighted by molar-refractivity contribution is 8.18. The van der Waals surface area contributed by atoms with Gasteiger partial charge in [-0.3, -0.25) is 24.1 Å². The lowest BCUT2D eigenvalue weighted by Gasteiger charge is -2.11. The molecule has 0 atom stereocenters. The zero-order valence-electron chi connectivity index (χ0n) is 18.3. The first-order chi connectivity index (χ1) is 15.8. The van der Waals surface area contributed by atoms with Gasteiger partial charge in [-0.25, -0.2) is 0 Å². The van der Waals surface area contributed by atoms with Gasteiger partial charge >= 0.3 is 0 Å². The second kappa shape index (κ2) is 9.07. The molecule has 8 heteroatoms. The molecule has 0 radical (unpaired) electrons. The molecule has 3 amide bonds. The lowest BCUT2D eigenvalue weighted by atomic mass is 10.1. The second-order valence-electron chi connectivity index (χ2n) is 7.90. The number of ketones is 1. The molecule has 0 saturated carbocycles. The van der Waals surface area contributed by atoms with Crippen molar-refractivity contribution < 1.29 is 19.2 Å². The second-order valence-corrected chi connectivity index (χ2v) is 8.90. The van der Waals surface area contributed by atoms with Gasteiger partial charge in [0, 0.05) is 22.7 Å². The van der Waals surface area contributed by atoms with E-state index in [4.69, 9.17) is 5.73 Å². The van der Waals surface area contributed by atoms with E-state index in [9.17, 15) is 19.2 Å². The number of aryl methyl sites for hydroxylation is 2. The Balaban J connectivity index is 1.65. The van der Waals surface area contributed by atoms with Gasteiger partial charge in [-0.15, -0.1) is 0 Å². The number of imide groups is 1. The molecule has 1 fully saturated rings. The summed E-state index contributed by atoms with van der Waals surface area (Å²) in [6.07, 6.45) is 4.16. The van der Waals surface area contributed by atoms with Crippen LogP contribution in [0.3, 0.4) is 0 Å². The predicted octanol–water partition coefficient (Wildman–Crippen LogP) is 3.92. The van der Waals surface area contributed by atoms with Gasteiger partial charge in [0.25, 0.3) is 11.1 Å². The lowest BCUT2D eigenvalue weighted by Crippen LogP contribution is -2.33. The van der Waals surface area contributed by atoms with Crippen LogP contribution in [0.25, 0.3) is 17.0 Å². The maximum Gasteiger partial charge on any atom is 0.293 e. The van der Waals surface area contributed by atoms with E-state index in [1.165, 1.54) is 0 Å². The van der Waals surface area contributed by atoms with Crippen molar-refractivity contribution in [3.8, 4) is 0 Å². The summed E-state index contributed by atoms with van der Waals surface area (Å²) in [6.45, 7) is 3.63. The van der Waals surface area contributed by atoms with Crippen molar-refractivity contribution in [1.82, 2.24) is 9.47 Å². The summed E-state index contributed by atoms with van der Waals surface area (Å²) in [5, 5.41) is 0.375. The Bertz CT molecular complexity index is 1320. The molecule has 0 unspecified atom stereocenters. The Kier molecular flexibility index (Phi) is 6.20. The van der Waals surface area contributed by atoms with Crippen LogP contribution >= 0.6 is 11.8 Å². The summed E-state index contributed by atoms with van der Waals surface area (Å²) >= 11 is 0.803. The van der Waals surface area contributed by atoms with E-state index in [0.29, 0.717) is 11.1 Å². The third-order valence-corrected chi connectivity index (χ3v) is 6.46. The van der Waals surface area contributed by atoms with Gasteiger partial charge in [-0.05, 0) is 36.7 Å². The molecular weight excluding hydrogens is 438 g/mol. The number of Topliss-reactive ketones (excluding diaryl/α,β-unsaturated/α-hetero) is 1.